The largest absolute Gasteiger partial charge is 0.325 e. The van der Waals surface area contributed by atoms with Crippen LogP contribution in [0.4, 0.5) is 11.6 Å². The molecule has 0 aliphatic carbocycles. The molecule has 1 atom stereocenters. The van der Waals surface area contributed by atoms with Gasteiger partial charge in [0.2, 0.25) is 0 Å². The second-order valence-corrected chi connectivity index (χ2v) is 7.69. The van der Waals surface area contributed by atoms with Crippen molar-refractivity contribution in [2.45, 2.75) is 39.2 Å². The molecule has 1 N–H and O–H groups in total. The first-order valence-corrected chi connectivity index (χ1v) is 9.95. The first kappa shape index (κ1) is 18.6. The highest BCUT2D eigenvalue weighted by Gasteiger charge is 2.23. The summed E-state index contributed by atoms with van der Waals surface area (Å²) in [6.07, 6.45) is 6.18. The Balaban J connectivity index is 1.46. The summed E-state index contributed by atoms with van der Waals surface area (Å²) >= 11 is 0. The predicted octanol–water partition coefficient (Wildman–Crippen LogP) is 3.95. The van der Waals surface area contributed by atoms with Crippen molar-refractivity contribution >= 4 is 11.6 Å². The van der Waals surface area contributed by atoms with Crippen LogP contribution < -0.4 is 5.32 Å². The molecule has 1 aliphatic heterocycles. The van der Waals surface area contributed by atoms with E-state index >= 15 is 0 Å². The Morgan fingerprint density at radius 1 is 1.18 bits per heavy atom. The molecule has 0 saturated carbocycles. The molecule has 1 unspecified atom stereocenters. The highest BCUT2D eigenvalue weighted by Crippen LogP contribution is 2.28. The van der Waals surface area contributed by atoms with Gasteiger partial charge in [-0.25, -0.2) is 9.97 Å². The molecular weight excluding hydrogens is 348 g/mol. The maximum Gasteiger partial charge on any atom is 0.134 e. The molecule has 28 heavy (non-hydrogen) atoms. The summed E-state index contributed by atoms with van der Waals surface area (Å²) in [5.41, 5.74) is 4.84. The van der Waals surface area contributed by atoms with Gasteiger partial charge in [-0.05, 0) is 57.0 Å². The first-order valence-electron chi connectivity index (χ1n) is 9.95. The highest BCUT2D eigenvalue weighted by molar-refractivity contribution is 5.55. The van der Waals surface area contributed by atoms with E-state index in [-0.39, 0.29) is 0 Å². The van der Waals surface area contributed by atoms with Gasteiger partial charge in [0.1, 0.15) is 11.6 Å². The van der Waals surface area contributed by atoms with Crippen LogP contribution >= 0.6 is 0 Å². The maximum absolute atomic E-state index is 4.90. The third kappa shape index (κ3) is 4.07. The van der Waals surface area contributed by atoms with Gasteiger partial charge in [0.05, 0.1) is 6.20 Å². The van der Waals surface area contributed by atoms with E-state index in [4.69, 9.17) is 4.98 Å². The Bertz CT molecular complexity index is 948. The van der Waals surface area contributed by atoms with Gasteiger partial charge in [-0.15, -0.1) is 0 Å². The van der Waals surface area contributed by atoms with E-state index in [0.717, 1.165) is 42.5 Å². The van der Waals surface area contributed by atoms with E-state index < -0.39 is 0 Å². The average Bonchev–Trinajstić information content (AvgIpc) is 3.02. The van der Waals surface area contributed by atoms with Crippen LogP contribution in [-0.4, -0.2) is 37.7 Å². The van der Waals surface area contributed by atoms with Crippen molar-refractivity contribution in [1.82, 2.24) is 24.6 Å². The number of rotatable bonds is 5. The molecule has 6 heteroatoms. The maximum atomic E-state index is 4.90. The molecule has 6 nitrogen and oxygen atoms in total. The molecule has 0 aromatic carbocycles. The minimum atomic E-state index is 0.456. The fourth-order valence-electron chi connectivity index (χ4n) is 3.87. The van der Waals surface area contributed by atoms with E-state index in [1.165, 1.54) is 24.1 Å². The average molecular weight is 377 g/mol. The Morgan fingerprint density at radius 2 is 2.07 bits per heavy atom. The Kier molecular flexibility index (Phi) is 5.39. The number of aryl methyl sites for hydroxylation is 2. The standard InChI is InChI=1S/C22H28N6/c1-16-7-5-11-23-22(16)26-21-10-4-9-20(25-21)18-8-6-12-28(14-18)15-19-13-24-27(3)17(19)2/h4-5,7,9-11,13,18H,6,8,12,14-15H2,1-3H3,(H,23,25,26). The van der Waals surface area contributed by atoms with Crippen LogP contribution in [0.1, 0.15) is 41.3 Å². The van der Waals surface area contributed by atoms with Gasteiger partial charge in [-0.3, -0.25) is 9.58 Å². The zero-order valence-electron chi connectivity index (χ0n) is 16.9. The summed E-state index contributed by atoms with van der Waals surface area (Å²) in [4.78, 5) is 11.8. The third-order valence-corrected chi connectivity index (χ3v) is 5.68. The van der Waals surface area contributed by atoms with E-state index in [0.29, 0.717) is 5.92 Å². The zero-order chi connectivity index (χ0) is 19.5. The predicted molar refractivity (Wildman–Crippen MR) is 112 cm³/mol. The monoisotopic (exact) mass is 376 g/mol. The van der Waals surface area contributed by atoms with Crippen LogP contribution in [0.25, 0.3) is 0 Å². The number of piperidine rings is 1. The Morgan fingerprint density at radius 3 is 2.86 bits per heavy atom. The normalized spacial score (nSPS) is 17.6. The van der Waals surface area contributed by atoms with Crippen molar-refractivity contribution in [3.8, 4) is 0 Å². The molecule has 0 radical (unpaired) electrons. The smallest absolute Gasteiger partial charge is 0.134 e. The summed E-state index contributed by atoms with van der Waals surface area (Å²) in [6.45, 7) is 7.32. The molecule has 0 amide bonds. The van der Waals surface area contributed by atoms with Crippen LogP contribution in [0, 0.1) is 13.8 Å². The van der Waals surface area contributed by atoms with Crippen molar-refractivity contribution in [2.24, 2.45) is 7.05 Å². The van der Waals surface area contributed by atoms with Crippen molar-refractivity contribution in [2.75, 3.05) is 18.4 Å². The molecule has 4 rings (SSSR count). The van der Waals surface area contributed by atoms with E-state index in [1.54, 1.807) is 6.20 Å². The SMILES string of the molecule is Cc1cccnc1Nc1cccc(C2CCCN(Cc3cnn(C)c3C)C2)n1. The molecule has 0 bridgehead atoms. The van der Waals surface area contributed by atoms with E-state index in [2.05, 4.69) is 52.3 Å². The summed E-state index contributed by atoms with van der Waals surface area (Å²) in [5.74, 6) is 2.18. The molecule has 3 aromatic rings. The van der Waals surface area contributed by atoms with Crippen LogP contribution in [0.15, 0.2) is 42.7 Å². The lowest BCUT2D eigenvalue weighted by molar-refractivity contribution is 0.198. The molecule has 146 valence electrons. The summed E-state index contributed by atoms with van der Waals surface area (Å²) in [5, 5.41) is 7.75. The minimum Gasteiger partial charge on any atom is -0.325 e. The van der Waals surface area contributed by atoms with Crippen LogP contribution in [0.2, 0.25) is 0 Å². The van der Waals surface area contributed by atoms with Crippen molar-refractivity contribution in [1.29, 1.82) is 0 Å². The molecule has 1 aliphatic rings. The number of likely N-dealkylation sites (tertiary alicyclic amines) is 1. The van der Waals surface area contributed by atoms with Crippen molar-refractivity contribution < 1.29 is 0 Å². The van der Waals surface area contributed by atoms with Gasteiger partial charge >= 0.3 is 0 Å². The van der Waals surface area contributed by atoms with Gasteiger partial charge in [0.25, 0.3) is 0 Å². The number of hydrogen-bond acceptors (Lipinski definition) is 5. The lowest BCUT2D eigenvalue weighted by Crippen LogP contribution is -2.34. The molecule has 1 fully saturated rings. The number of aromatic nitrogens is 4. The lowest BCUT2D eigenvalue weighted by atomic mass is 9.94. The topological polar surface area (TPSA) is 58.9 Å². The number of anilines is 2. The number of hydrogen-bond donors (Lipinski definition) is 1. The molecule has 0 spiro atoms. The summed E-state index contributed by atoms with van der Waals surface area (Å²) in [6, 6.07) is 10.3. The van der Waals surface area contributed by atoms with Crippen molar-refractivity contribution in [3.63, 3.8) is 0 Å². The van der Waals surface area contributed by atoms with E-state index in [9.17, 15) is 0 Å². The van der Waals surface area contributed by atoms with Gasteiger partial charge in [0.15, 0.2) is 0 Å². The Hall–Kier alpha value is -2.73. The minimum absolute atomic E-state index is 0.456. The molecule has 1 saturated heterocycles. The fourth-order valence-corrected chi connectivity index (χ4v) is 3.87. The highest BCUT2D eigenvalue weighted by atomic mass is 15.3. The first-order chi connectivity index (χ1) is 13.6. The summed E-state index contributed by atoms with van der Waals surface area (Å²) < 4.78 is 1.95. The third-order valence-electron chi connectivity index (χ3n) is 5.68. The molecular formula is C22H28N6. The zero-order valence-corrected chi connectivity index (χ0v) is 16.9. The van der Waals surface area contributed by atoms with Gasteiger partial charge in [-0.2, -0.15) is 5.10 Å². The lowest BCUT2D eigenvalue weighted by Gasteiger charge is -2.32. The van der Waals surface area contributed by atoms with Crippen molar-refractivity contribution in [3.05, 3.63) is 65.2 Å². The second kappa shape index (κ2) is 8.10. The number of nitrogens with one attached hydrogen (secondary N) is 1. The molecule has 4 heterocycles. The van der Waals surface area contributed by atoms with E-state index in [1.807, 2.05) is 30.1 Å². The quantitative estimate of drug-likeness (QED) is 0.731. The second-order valence-electron chi connectivity index (χ2n) is 7.69. The van der Waals surface area contributed by atoms with Crippen LogP contribution in [0.3, 0.4) is 0 Å². The van der Waals surface area contributed by atoms with Gasteiger partial charge in [0, 0.05) is 49.2 Å². The fraction of sp³-hybridized carbons (Fsp3) is 0.409. The summed E-state index contributed by atoms with van der Waals surface area (Å²) in [7, 11) is 2.00. The van der Waals surface area contributed by atoms with Gasteiger partial charge < -0.3 is 5.32 Å². The number of nitrogens with zero attached hydrogens (tertiary/aromatic N) is 5. The number of pyridine rings is 2. The Labute approximate surface area is 166 Å². The van der Waals surface area contributed by atoms with Crippen LogP contribution in [-0.2, 0) is 13.6 Å². The molecule has 3 aromatic heterocycles. The van der Waals surface area contributed by atoms with Crippen LogP contribution in [0.5, 0.6) is 0 Å². The van der Waals surface area contributed by atoms with Gasteiger partial charge in [-0.1, -0.05) is 12.1 Å².